The van der Waals surface area contributed by atoms with E-state index in [9.17, 15) is 14.0 Å². The lowest BCUT2D eigenvalue weighted by molar-refractivity contribution is 0.0591. The minimum absolute atomic E-state index is 0.0595. The summed E-state index contributed by atoms with van der Waals surface area (Å²) in [5, 5.41) is 3.29. The molecule has 1 aromatic carbocycles. The first-order valence-electron chi connectivity index (χ1n) is 5.74. The minimum Gasteiger partial charge on any atom is -0.464 e. The van der Waals surface area contributed by atoms with E-state index in [4.69, 9.17) is 11.6 Å². The SMILES string of the molecule is COC(=O)c1nc(Nc2ccc(F)cc2Cl)sc1C(C)=O. The summed E-state index contributed by atoms with van der Waals surface area (Å²) in [7, 11) is 1.20. The number of esters is 1. The molecule has 110 valence electrons. The number of carbonyl (C=O) groups excluding carboxylic acids is 2. The Kier molecular flexibility index (Phi) is 4.54. The van der Waals surface area contributed by atoms with E-state index in [1.807, 2.05) is 0 Å². The number of thiazole rings is 1. The Hall–Kier alpha value is -1.99. The zero-order valence-electron chi connectivity index (χ0n) is 11.1. The number of hydrogen-bond donors (Lipinski definition) is 1. The average molecular weight is 329 g/mol. The molecule has 0 aliphatic carbocycles. The van der Waals surface area contributed by atoms with Gasteiger partial charge in [0, 0.05) is 6.92 Å². The van der Waals surface area contributed by atoms with Gasteiger partial charge in [0.1, 0.15) is 10.7 Å². The predicted molar refractivity (Wildman–Crippen MR) is 78.2 cm³/mol. The van der Waals surface area contributed by atoms with Crippen LogP contribution in [-0.2, 0) is 4.74 Å². The largest absolute Gasteiger partial charge is 0.464 e. The van der Waals surface area contributed by atoms with E-state index in [0.717, 1.165) is 17.4 Å². The highest BCUT2D eigenvalue weighted by molar-refractivity contribution is 7.17. The van der Waals surface area contributed by atoms with Crippen LogP contribution in [0.5, 0.6) is 0 Å². The molecule has 0 fully saturated rings. The van der Waals surface area contributed by atoms with E-state index >= 15 is 0 Å². The molecule has 2 aromatic rings. The van der Waals surface area contributed by atoms with Crippen LogP contribution in [0.3, 0.4) is 0 Å². The highest BCUT2D eigenvalue weighted by Gasteiger charge is 2.22. The van der Waals surface area contributed by atoms with Crippen molar-refractivity contribution in [3.8, 4) is 0 Å². The lowest BCUT2D eigenvalue weighted by Crippen LogP contribution is -2.07. The van der Waals surface area contributed by atoms with Crippen molar-refractivity contribution in [2.24, 2.45) is 0 Å². The van der Waals surface area contributed by atoms with E-state index in [1.54, 1.807) is 0 Å². The Morgan fingerprint density at radius 3 is 2.71 bits per heavy atom. The Bertz CT molecular complexity index is 717. The van der Waals surface area contributed by atoms with E-state index < -0.39 is 11.8 Å². The van der Waals surface area contributed by atoms with Gasteiger partial charge < -0.3 is 10.1 Å². The molecule has 0 radical (unpaired) electrons. The van der Waals surface area contributed by atoms with Crippen molar-refractivity contribution in [1.29, 1.82) is 0 Å². The molecule has 0 spiro atoms. The van der Waals surface area contributed by atoms with Crippen LogP contribution in [0.1, 0.15) is 27.1 Å². The van der Waals surface area contributed by atoms with Crippen molar-refractivity contribution >= 4 is 45.5 Å². The fraction of sp³-hybridized carbons (Fsp3) is 0.154. The van der Waals surface area contributed by atoms with E-state index in [1.165, 1.54) is 26.2 Å². The quantitative estimate of drug-likeness (QED) is 0.685. The maximum absolute atomic E-state index is 13.0. The summed E-state index contributed by atoms with van der Waals surface area (Å²) in [5.74, 6) is -1.47. The lowest BCUT2D eigenvalue weighted by atomic mass is 10.3. The monoisotopic (exact) mass is 328 g/mol. The molecular formula is C13H10ClFN2O3S. The summed E-state index contributed by atoms with van der Waals surface area (Å²) < 4.78 is 17.6. The van der Waals surface area contributed by atoms with Crippen LogP contribution in [0.15, 0.2) is 18.2 Å². The molecule has 8 heteroatoms. The first-order valence-corrected chi connectivity index (χ1v) is 6.94. The Morgan fingerprint density at radius 1 is 1.43 bits per heavy atom. The number of nitrogens with zero attached hydrogens (tertiary/aromatic N) is 1. The van der Waals surface area contributed by atoms with Crippen LogP contribution in [0.4, 0.5) is 15.2 Å². The van der Waals surface area contributed by atoms with Crippen LogP contribution < -0.4 is 5.32 Å². The van der Waals surface area contributed by atoms with Gasteiger partial charge in [-0.1, -0.05) is 22.9 Å². The highest BCUT2D eigenvalue weighted by Crippen LogP contribution is 2.30. The zero-order chi connectivity index (χ0) is 15.6. The second kappa shape index (κ2) is 6.19. The van der Waals surface area contributed by atoms with Crippen LogP contribution in [0, 0.1) is 5.82 Å². The number of methoxy groups -OCH3 is 1. The first-order chi connectivity index (χ1) is 9.92. The Morgan fingerprint density at radius 2 is 2.14 bits per heavy atom. The number of rotatable bonds is 4. The fourth-order valence-corrected chi connectivity index (χ4v) is 2.63. The van der Waals surface area contributed by atoms with Gasteiger partial charge in [-0.15, -0.1) is 0 Å². The van der Waals surface area contributed by atoms with Crippen LogP contribution in [-0.4, -0.2) is 23.8 Å². The highest BCUT2D eigenvalue weighted by atomic mass is 35.5. The third-order valence-electron chi connectivity index (χ3n) is 2.50. The number of halogens is 2. The number of nitrogens with one attached hydrogen (secondary N) is 1. The number of anilines is 2. The number of ether oxygens (including phenoxy) is 1. The molecule has 2 rings (SSSR count). The standard InChI is InChI=1S/C13H10ClFN2O3S/c1-6(18)11-10(12(19)20-2)17-13(21-11)16-9-4-3-7(15)5-8(9)14/h3-5H,1-2H3,(H,16,17). The topological polar surface area (TPSA) is 68.3 Å². The molecule has 0 aliphatic rings. The second-order valence-corrected chi connectivity index (χ2v) is 5.40. The van der Waals surface area contributed by atoms with Gasteiger partial charge in [-0.3, -0.25) is 4.79 Å². The van der Waals surface area contributed by atoms with E-state index in [0.29, 0.717) is 5.69 Å². The molecule has 0 amide bonds. The molecule has 0 saturated carbocycles. The first kappa shape index (κ1) is 15.4. The van der Waals surface area contributed by atoms with Crippen molar-refractivity contribution in [1.82, 2.24) is 4.98 Å². The molecule has 0 aliphatic heterocycles. The molecule has 21 heavy (non-hydrogen) atoms. The van der Waals surface area contributed by atoms with Gasteiger partial charge in [0.05, 0.1) is 17.8 Å². The van der Waals surface area contributed by atoms with Crippen LogP contribution >= 0.6 is 22.9 Å². The molecule has 5 nitrogen and oxygen atoms in total. The van der Waals surface area contributed by atoms with Gasteiger partial charge in [0.25, 0.3) is 0 Å². The molecule has 0 atom stereocenters. The van der Waals surface area contributed by atoms with Gasteiger partial charge in [-0.25, -0.2) is 14.2 Å². The molecule has 1 aromatic heterocycles. The molecular weight excluding hydrogens is 319 g/mol. The number of carbonyl (C=O) groups is 2. The molecule has 1 heterocycles. The summed E-state index contributed by atoms with van der Waals surface area (Å²) >= 11 is 6.89. The molecule has 0 saturated heterocycles. The van der Waals surface area contributed by atoms with Gasteiger partial charge >= 0.3 is 5.97 Å². The average Bonchev–Trinajstić information content (AvgIpc) is 2.85. The summed E-state index contributed by atoms with van der Waals surface area (Å²) in [6.07, 6.45) is 0. The lowest BCUT2D eigenvalue weighted by Gasteiger charge is -2.04. The number of hydrogen-bond acceptors (Lipinski definition) is 6. The summed E-state index contributed by atoms with van der Waals surface area (Å²) in [6.45, 7) is 1.33. The maximum atomic E-state index is 13.0. The zero-order valence-corrected chi connectivity index (χ0v) is 12.6. The predicted octanol–water partition coefficient (Wildman–Crippen LogP) is 3.67. The van der Waals surface area contributed by atoms with Gasteiger partial charge in [0.2, 0.25) is 0 Å². The van der Waals surface area contributed by atoms with Gasteiger partial charge in [0.15, 0.2) is 16.6 Å². The van der Waals surface area contributed by atoms with Gasteiger partial charge in [-0.2, -0.15) is 0 Å². The minimum atomic E-state index is -0.699. The number of Topliss-reactive ketones (excluding diaryl/α,β-unsaturated/α-hetero) is 1. The summed E-state index contributed by atoms with van der Waals surface area (Å²) in [5.41, 5.74) is 0.356. The number of benzene rings is 1. The fourth-order valence-electron chi connectivity index (χ4n) is 1.55. The second-order valence-electron chi connectivity index (χ2n) is 3.99. The van der Waals surface area contributed by atoms with Crippen LogP contribution in [0.25, 0.3) is 0 Å². The molecule has 1 N–H and O–H groups in total. The smallest absolute Gasteiger partial charge is 0.358 e. The third-order valence-corrected chi connectivity index (χ3v) is 3.88. The van der Waals surface area contributed by atoms with E-state index in [2.05, 4.69) is 15.0 Å². The summed E-state index contributed by atoms with van der Waals surface area (Å²) in [4.78, 5) is 27.3. The van der Waals surface area contributed by atoms with E-state index in [-0.39, 0.29) is 26.5 Å². The van der Waals surface area contributed by atoms with Crippen molar-refractivity contribution in [3.63, 3.8) is 0 Å². The number of ketones is 1. The summed E-state index contributed by atoms with van der Waals surface area (Å²) in [6, 6.07) is 3.81. The third kappa shape index (κ3) is 3.37. The number of aromatic nitrogens is 1. The van der Waals surface area contributed by atoms with Gasteiger partial charge in [-0.05, 0) is 18.2 Å². The Balaban J connectivity index is 2.37. The molecule has 0 unspecified atom stereocenters. The van der Waals surface area contributed by atoms with Crippen LogP contribution in [0.2, 0.25) is 5.02 Å². The van der Waals surface area contributed by atoms with Crippen molar-refractivity contribution < 1.29 is 18.7 Å². The maximum Gasteiger partial charge on any atom is 0.358 e. The van der Waals surface area contributed by atoms with Crippen molar-refractivity contribution in [3.05, 3.63) is 39.6 Å². The van der Waals surface area contributed by atoms with Crippen molar-refractivity contribution in [2.45, 2.75) is 6.92 Å². The Labute approximate surface area is 128 Å². The molecule has 0 bridgehead atoms. The normalized spacial score (nSPS) is 10.3. The van der Waals surface area contributed by atoms with Crippen molar-refractivity contribution in [2.75, 3.05) is 12.4 Å².